The van der Waals surface area contributed by atoms with Gasteiger partial charge in [0.2, 0.25) is 0 Å². The van der Waals surface area contributed by atoms with Crippen molar-refractivity contribution in [3.63, 3.8) is 0 Å². The second-order valence-electron chi connectivity index (χ2n) is 4.58. The van der Waals surface area contributed by atoms with E-state index in [1.807, 2.05) is 10.9 Å². The number of hydrogen-bond acceptors (Lipinski definition) is 4. The molecule has 1 atom stereocenters. The summed E-state index contributed by atoms with van der Waals surface area (Å²) in [5, 5.41) is 16.9. The van der Waals surface area contributed by atoms with Crippen LogP contribution in [0.5, 0.6) is 0 Å². The van der Waals surface area contributed by atoms with Gasteiger partial charge in [-0.15, -0.1) is 5.10 Å². The van der Waals surface area contributed by atoms with Crippen molar-refractivity contribution in [3.8, 4) is 0 Å². The van der Waals surface area contributed by atoms with Crippen LogP contribution in [0.25, 0.3) is 0 Å². The fourth-order valence-corrected chi connectivity index (χ4v) is 2.18. The summed E-state index contributed by atoms with van der Waals surface area (Å²) in [4.78, 5) is 0. The largest absolute Gasteiger partial charge is 0.396 e. The van der Waals surface area contributed by atoms with Crippen molar-refractivity contribution in [2.24, 2.45) is 0 Å². The minimum Gasteiger partial charge on any atom is -0.396 e. The highest BCUT2D eigenvalue weighted by atomic mass is 16.5. The molecule has 1 saturated heterocycles. The van der Waals surface area contributed by atoms with Gasteiger partial charge in [0.15, 0.2) is 0 Å². The Morgan fingerprint density at radius 3 is 3.18 bits per heavy atom. The first kappa shape index (κ1) is 12.5. The lowest BCUT2D eigenvalue weighted by molar-refractivity contribution is 0.101. The van der Waals surface area contributed by atoms with Gasteiger partial charge in [0, 0.05) is 26.0 Å². The third-order valence-electron chi connectivity index (χ3n) is 3.11. The molecule has 0 aliphatic carbocycles. The Hall–Kier alpha value is -0.940. The van der Waals surface area contributed by atoms with E-state index in [4.69, 9.17) is 9.84 Å². The van der Waals surface area contributed by atoms with Gasteiger partial charge < -0.3 is 9.84 Å². The van der Waals surface area contributed by atoms with E-state index in [-0.39, 0.29) is 6.61 Å². The van der Waals surface area contributed by atoms with Crippen molar-refractivity contribution >= 4 is 0 Å². The van der Waals surface area contributed by atoms with Crippen LogP contribution in [0.3, 0.4) is 0 Å². The Labute approximate surface area is 102 Å². The van der Waals surface area contributed by atoms with Gasteiger partial charge in [0.1, 0.15) is 0 Å². The lowest BCUT2D eigenvalue weighted by atomic mass is 10.1. The van der Waals surface area contributed by atoms with Crippen LogP contribution >= 0.6 is 0 Å². The first-order valence-electron chi connectivity index (χ1n) is 6.50. The normalized spacial score (nSPS) is 19.9. The third-order valence-corrected chi connectivity index (χ3v) is 3.11. The highest BCUT2D eigenvalue weighted by Gasteiger charge is 2.14. The summed E-state index contributed by atoms with van der Waals surface area (Å²) in [6.07, 6.45) is 8.63. The third kappa shape index (κ3) is 4.09. The number of aromatic nitrogens is 3. The second kappa shape index (κ2) is 6.71. The summed E-state index contributed by atoms with van der Waals surface area (Å²) in [6.45, 7) is 2.05. The molecule has 0 aromatic carbocycles. The van der Waals surface area contributed by atoms with E-state index in [9.17, 15) is 0 Å². The smallest absolute Gasteiger partial charge is 0.0828 e. The Kier molecular flexibility index (Phi) is 4.94. The SMILES string of the molecule is OCCCc1cn(CCCC2CCCO2)nn1. The average Bonchev–Trinajstić information content (AvgIpc) is 2.98. The molecule has 5 heteroatoms. The number of rotatable bonds is 7. The first-order chi connectivity index (χ1) is 8.38. The summed E-state index contributed by atoms with van der Waals surface area (Å²) in [7, 11) is 0. The standard InChI is InChI=1S/C12H21N3O2/c16-8-2-4-11-10-15(14-13-11)7-1-5-12-6-3-9-17-12/h10,12,16H,1-9H2. The number of aryl methyl sites for hydroxylation is 2. The lowest BCUT2D eigenvalue weighted by Crippen LogP contribution is -2.07. The number of aliphatic hydroxyl groups excluding tert-OH is 1. The molecule has 0 saturated carbocycles. The molecule has 1 aromatic heterocycles. The van der Waals surface area contributed by atoms with Crippen molar-refractivity contribution in [2.45, 2.75) is 51.2 Å². The van der Waals surface area contributed by atoms with E-state index in [1.54, 1.807) is 0 Å². The summed E-state index contributed by atoms with van der Waals surface area (Å²) in [5.41, 5.74) is 0.969. The molecule has 17 heavy (non-hydrogen) atoms. The Bertz CT molecular complexity index is 321. The molecule has 2 heterocycles. The minimum atomic E-state index is 0.214. The molecular weight excluding hydrogens is 218 g/mol. The maximum absolute atomic E-state index is 8.73. The van der Waals surface area contributed by atoms with Gasteiger partial charge in [0.05, 0.1) is 11.8 Å². The van der Waals surface area contributed by atoms with E-state index >= 15 is 0 Å². The summed E-state index contributed by atoms with van der Waals surface area (Å²) < 4.78 is 7.47. The van der Waals surface area contributed by atoms with Crippen LogP contribution in [0.4, 0.5) is 0 Å². The van der Waals surface area contributed by atoms with Gasteiger partial charge >= 0.3 is 0 Å². The Morgan fingerprint density at radius 1 is 1.47 bits per heavy atom. The predicted molar refractivity (Wildman–Crippen MR) is 63.6 cm³/mol. The lowest BCUT2D eigenvalue weighted by Gasteiger charge is -2.07. The van der Waals surface area contributed by atoms with E-state index < -0.39 is 0 Å². The van der Waals surface area contributed by atoms with Gasteiger partial charge in [-0.3, -0.25) is 4.68 Å². The van der Waals surface area contributed by atoms with Crippen molar-refractivity contribution < 1.29 is 9.84 Å². The Balaban J connectivity index is 1.65. The predicted octanol–water partition coefficient (Wildman–Crippen LogP) is 1.16. The zero-order valence-electron chi connectivity index (χ0n) is 10.2. The molecular formula is C12H21N3O2. The zero-order chi connectivity index (χ0) is 11.9. The first-order valence-corrected chi connectivity index (χ1v) is 6.50. The maximum atomic E-state index is 8.73. The quantitative estimate of drug-likeness (QED) is 0.775. The monoisotopic (exact) mass is 239 g/mol. The molecule has 1 aliphatic rings. The molecule has 5 nitrogen and oxygen atoms in total. The van der Waals surface area contributed by atoms with Crippen LogP contribution in [0.15, 0.2) is 6.20 Å². The highest BCUT2D eigenvalue weighted by Crippen LogP contribution is 2.17. The molecule has 2 rings (SSSR count). The molecule has 96 valence electrons. The molecule has 0 radical (unpaired) electrons. The van der Waals surface area contributed by atoms with Gasteiger partial charge in [-0.05, 0) is 38.5 Å². The van der Waals surface area contributed by atoms with Crippen LogP contribution in [0.1, 0.15) is 37.8 Å². The van der Waals surface area contributed by atoms with Crippen LogP contribution < -0.4 is 0 Å². The van der Waals surface area contributed by atoms with E-state index in [0.717, 1.165) is 44.5 Å². The fraction of sp³-hybridized carbons (Fsp3) is 0.833. The summed E-state index contributed by atoms with van der Waals surface area (Å²) in [6, 6.07) is 0. The average molecular weight is 239 g/mol. The highest BCUT2D eigenvalue weighted by molar-refractivity contribution is 4.92. The van der Waals surface area contributed by atoms with Crippen molar-refractivity contribution in [3.05, 3.63) is 11.9 Å². The second-order valence-corrected chi connectivity index (χ2v) is 4.58. The van der Waals surface area contributed by atoms with Crippen LogP contribution in [-0.2, 0) is 17.7 Å². The fourth-order valence-electron chi connectivity index (χ4n) is 2.18. The zero-order valence-corrected chi connectivity index (χ0v) is 10.2. The summed E-state index contributed by atoms with van der Waals surface area (Å²) in [5.74, 6) is 0. The molecule has 1 unspecified atom stereocenters. The van der Waals surface area contributed by atoms with Crippen LogP contribution in [-0.4, -0.2) is 39.4 Å². The van der Waals surface area contributed by atoms with Crippen molar-refractivity contribution in [1.29, 1.82) is 0 Å². The molecule has 0 bridgehead atoms. The van der Waals surface area contributed by atoms with Gasteiger partial charge in [0.25, 0.3) is 0 Å². The molecule has 1 aromatic rings. The minimum absolute atomic E-state index is 0.214. The van der Waals surface area contributed by atoms with E-state index in [2.05, 4.69) is 10.3 Å². The van der Waals surface area contributed by atoms with Crippen molar-refractivity contribution in [1.82, 2.24) is 15.0 Å². The van der Waals surface area contributed by atoms with Crippen molar-refractivity contribution in [2.75, 3.05) is 13.2 Å². The maximum Gasteiger partial charge on any atom is 0.0828 e. The number of hydrogen-bond donors (Lipinski definition) is 1. The molecule has 0 spiro atoms. The molecule has 0 amide bonds. The van der Waals surface area contributed by atoms with E-state index in [1.165, 1.54) is 12.8 Å². The molecule has 1 fully saturated rings. The number of aliphatic hydroxyl groups is 1. The van der Waals surface area contributed by atoms with Crippen LogP contribution in [0, 0.1) is 0 Å². The molecule has 1 N–H and O–H groups in total. The van der Waals surface area contributed by atoms with Gasteiger partial charge in [-0.1, -0.05) is 5.21 Å². The molecule has 1 aliphatic heterocycles. The Morgan fingerprint density at radius 2 is 2.41 bits per heavy atom. The van der Waals surface area contributed by atoms with Gasteiger partial charge in [-0.2, -0.15) is 0 Å². The summed E-state index contributed by atoms with van der Waals surface area (Å²) >= 11 is 0. The number of nitrogens with zero attached hydrogens (tertiary/aromatic N) is 3. The van der Waals surface area contributed by atoms with Gasteiger partial charge in [-0.25, -0.2) is 0 Å². The van der Waals surface area contributed by atoms with E-state index in [0.29, 0.717) is 6.10 Å². The van der Waals surface area contributed by atoms with Crippen LogP contribution in [0.2, 0.25) is 0 Å². The topological polar surface area (TPSA) is 60.2 Å². The number of ether oxygens (including phenoxy) is 1.